The van der Waals surface area contributed by atoms with Crippen molar-refractivity contribution in [2.75, 3.05) is 13.2 Å². The molecular weight excluding hydrogens is 324 g/mol. The van der Waals surface area contributed by atoms with E-state index in [2.05, 4.69) is 19.6 Å². The third-order valence-electron chi connectivity index (χ3n) is 8.67. The highest BCUT2D eigenvalue weighted by Crippen LogP contribution is 2.69. The van der Waals surface area contributed by atoms with Crippen LogP contribution in [0.1, 0.15) is 65.7 Å². The molecule has 4 fully saturated rings. The highest BCUT2D eigenvalue weighted by atomic mass is 16.7. The molecule has 5 aliphatic rings. The van der Waals surface area contributed by atoms with E-state index in [9.17, 15) is 4.79 Å². The molecule has 0 aromatic rings. The molecule has 3 heteroatoms. The Morgan fingerprint density at radius 3 is 2.58 bits per heavy atom. The first kappa shape index (κ1) is 17.2. The van der Waals surface area contributed by atoms with E-state index < -0.39 is 5.79 Å². The van der Waals surface area contributed by atoms with Crippen molar-refractivity contribution >= 4 is 5.78 Å². The van der Waals surface area contributed by atoms with E-state index in [1.165, 1.54) is 36.8 Å². The van der Waals surface area contributed by atoms with Gasteiger partial charge in [0.05, 0.1) is 13.2 Å². The second-order valence-electron chi connectivity index (χ2n) is 10.5. The first-order valence-corrected chi connectivity index (χ1v) is 10.4. The van der Waals surface area contributed by atoms with E-state index in [1.807, 2.05) is 13.8 Å². The van der Waals surface area contributed by atoms with Crippen molar-refractivity contribution in [1.82, 2.24) is 0 Å². The van der Waals surface area contributed by atoms with Gasteiger partial charge in [0.15, 0.2) is 11.6 Å². The molecule has 1 saturated heterocycles. The third kappa shape index (κ3) is 2.05. The molecule has 3 nitrogen and oxygen atoms in total. The predicted molar refractivity (Wildman–Crippen MR) is 100 cm³/mol. The van der Waals surface area contributed by atoms with Crippen LogP contribution >= 0.6 is 0 Å². The van der Waals surface area contributed by atoms with Gasteiger partial charge in [0.25, 0.3) is 0 Å². The Balaban J connectivity index is 1.60. The molecule has 1 aliphatic heterocycles. The Labute approximate surface area is 157 Å². The molecule has 4 atom stereocenters. The Kier molecular flexibility index (Phi) is 3.38. The van der Waals surface area contributed by atoms with Crippen molar-refractivity contribution in [2.24, 2.45) is 28.1 Å². The average molecular weight is 357 g/mol. The fraction of sp³-hybridized carbons (Fsp3) is 0.783. The summed E-state index contributed by atoms with van der Waals surface area (Å²) in [6.07, 6.45) is 9.89. The maximum atomic E-state index is 13.5. The van der Waals surface area contributed by atoms with Crippen LogP contribution in [0.2, 0.25) is 0 Å². The Morgan fingerprint density at radius 1 is 1.12 bits per heavy atom. The standard InChI is InChI=1S/C23H32O3/c1-15-11-23-12-16(15)6-7-17(23)21(4)8-5-9-22(18(21)10-19(23)24)13-25-20(2,3)26-14-22/h10,16-17H,1,5-9,11-14H2,2-4H3/t16-,17+,21+,23+/m1/s1. The topological polar surface area (TPSA) is 35.5 Å². The van der Waals surface area contributed by atoms with Crippen molar-refractivity contribution in [3.8, 4) is 0 Å². The number of rotatable bonds is 0. The molecule has 4 aliphatic carbocycles. The van der Waals surface area contributed by atoms with Gasteiger partial charge in [0, 0.05) is 10.8 Å². The van der Waals surface area contributed by atoms with Crippen LogP contribution in [0.4, 0.5) is 0 Å². The van der Waals surface area contributed by atoms with Gasteiger partial charge in [-0.3, -0.25) is 4.79 Å². The molecule has 2 bridgehead atoms. The second kappa shape index (κ2) is 5.11. The summed E-state index contributed by atoms with van der Waals surface area (Å²) in [7, 11) is 0. The molecule has 1 heterocycles. The van der Waals surface area contributed by atoms with Gasteiger partial charge in [-0.1, -0.05) is 25.5 Å². The zero-order chi connectivity index (χ0) is 18.4. The maximum Gasteiger partial charge on any atom is 0.162 e. The first-order chi connectivity index (χ1) is 12.2. The van der Waals surface area contributed by atoms with Gasteiger partial charge >= 0.3 is 0 Å². The van der Waals surface area contributed by atoms with E-state index in [0.29, 0.717) is 30.8 Å². The van der Waals surface area contributed by atoms with Gasteiger partial charge in [-0.25, -0.2) is 0 Å². The van der Waals surface area contributed by atoms with Crippen molar-refractivity contribution in [3.05, 3.63) is 23.8 Å². The fourth-order valence-electron chi connectivity index (χ4n) is 7.34. The number of hydrogen-bond acceptors (Lipinski definition) is 3. The normalized spacial score (nSPS) is 45.9. The number of hydrogen-bond donors (Lipinski definition) is 0. The molecule has 142 valence electrons. The van der Waals surface area contributed by atoms with E-state index in [0.717, 1.165) is 19.3 Å². The lowest BCUT2D eigenvalue weighted by Gasteiger charge is -2.60. The Morgan fingerprint density at radius 2 is 1.85 bits per heavy atom. The third-order valence-corrected chi connectivity index (χ3v) is 8.67. The minimum Gasteiger partial charge on any atom is -0.350 e. The molecule has 26 heavy (non-hydrogen) atoms. The SMILES string of the molecule is C=C1C[C@]23C[C@H]1CC[C@H]2[C@]1(C)CCCC2(COC(C)(C)OC2)C1=CC3=O. The Hall–Kier alpha value is -0.930. The molecule has 2 spiro atoms. The van der Waals surface area contributed by atoms with Crippen molar-refractivity contribution < 1.29 is 14.3 Å². The zero-order valence-electron chi connectivity index (χ0n) is 16.5. The van der Waals surface area contributed by atoms with Crippen LogP contribution in [-0.4, -0.2) is 24.8 Å². The quantitative estimate of drug-likeness (QED) is 0.584. The van der Waals surface area contributed by atoms with Crippen LogP contribution in [0.15, 0.2) is 23.8 Å². The number of fused-ring (bicyclic) bond motifs is 4. The highest BCUT2D eigenvalue weighted by molar-refractivity contribution is 5.98. The predicted octanol–water partition coefficient (Wildman–Crippen LogP) is 4.82. The first-order valence-electron chi connectivity index (χ1n) is 10.4. The highest BCUT2D eigenvalue weighted by Gasteiger charge is 2.65. The van der Waals surface area contributed by atoms with Gasteiger partial charge in [-0.15, -0.1) is 0 Å². The summed E-state index contributed by atoms with van der Waals surface area (Å²) >= 11 is 0. The zero-order valence-corrected chi connectivity index (χ0v) is 16.5. The Bertz CT molecular complexity index is 707. The van der Waals surface area contributed by atoms with Crippen LogP contribution in [0.5, 0.6) is 0 Å². The lowest BCUT2D eigenvalue weighted by atomic mass is 9.44. The molecule has 0 N–H and O–H groups in total. The minimum absolute atomic E-state index is 0.105. The second-order valence-corrected chi connectivity index (χ2v) is 10.5. The van der Waals surface area contributed by atoms with E-state index in [-0.39, 0.29) is 16.2 Å². The van der Waals surface area contributed by atoms with Gasteiger partial charge in [0.1, 0.15) is 0 Å². The number of allylic oxidation sites excluding steroid dienone is 2. The summed E-state index contributed by atoms with van der Waals surface area (Å²) in [5, 5.41) is 0. The fourth-order valence-corrected chi connectivity index (χ4v) is 7.34. The summed E-state index contributed by atoms with van der Waals surface area (Å²) in [5.74, 6) is 0.906. The smallest absolute Gasteiger partial charge is 0.162 e. The number of ether oxygens (including phenoxy) is 2. The van der Waals surface area contributed by atoms with Gasteiger partial charge in [0.2, 0.25) is 0 Å². The molecule has 0 amide bonds. The van der Waals surface area contributed by atoms with Gasteiger partial charge < -0.3 is 9.47 Å². The van der Waals surface area contributed by atoms with Gasteiger partial charge in [-0.05, 0) is 81.3 Å². The number of ketones is 1. The van der Waals surface area contributed by atoms with Crippen molar-refractivity contribution in [2.45, 2.75) is 71.5 Å². The molecule has 0 unspecified atom stereocenters. The minimum atomic E-state index is -0.513. The molecule has 0 aromatic heterocycles. The summed E-state index contributed by atoms with van der Waals surface area (Å²) in [5.41, 5.74) is 2.52. The van der Waals surface area contributed by atoms with Crippen LogP contribution in [0.25, 0.3) is 0 Å². The maximum absolute atomic E-state index is 13.5. The molecule has 3 saturated carbocycles. The van der Waals surface area contributed by atoms with E-state index in [1.54, 1.807) is 0 Å². The van der Waals surface area contributed by atoms with Crippen LogP contribution in [0, 0.1) is 28.1 Å². The largest absolute Gasteiger partial charge is 0.350 e. The number of carbonyl (C=O) groups excluding carboxylic acids is 1. The van der Waals surface area contributed by atoms with Crippen LogP contribution in [-0.2, 0) is 14.3 Å². The lowest BCUT2D eigenvalue weighted by Crippen LogP contribution is -2.58. The lowest BCUT2D eigenvalue weighted by molar-refractivity contribution is -0.285. The average Bonchev–Trinajstić information content (AvgIpc) is 2.84. The summed E-state index contributed by atoms with van der Waals surface area (Å²) < 4.78 is 12.2. The molecule has 0 aromatic carbocycles. The molecule has 5 rings (SSSR count). The van der Waals surface area contributed by atoms with Gasteiger partial charge in [-0.2, -0.15) is 0 Å². The monoisotopic (exact) mass is 356 g/mol. The molecule has 0 radical (unpaired) electrons. The summed E-state index contributed by atoms with van der Waals surface area (Å²) in [6, 6.07) is 0. The summed E-state index contributed by atoms with van der Waals surface area (Å²) in [6.45, 7) is 12.1. The van der Waals surface area contributed by atoms with Crippen molar-refractivity contribution in [3.63, 3.8) is 0 Å². The van der Waals surface area contributed by atoms with E-state index in [4.69, 9.17) is 9.47 Å². The van der Waals surface area contributed by atoms with Crippen LogP contribution < -0.4 is 0 Å². The number of carbonyl (C=O) groups is 1. The summed E-state index contributed by atoms with van der Waals surface area (Å²) in [4.78, 5) is 13.5. The molecular formula is C23H32O3. The van der Waals surface area contributed by atoms with Crippen LogP contribution in [0.3, 0.4) is 0 Å². The van der Waals surface area contributed by atoms with Crippen molar-refractivity contribution in [1.29, 1.82) is 0 Å². The van der Waals surface area contributed by atoms with E-state index >= 15 is 0 Å².